The Morgan fingerprint density at radius 2 is 2.03 bits per heavy atom. The normalized spacial score (nSPS) is 13.1. The molecule has 8 nitrogen and oxygen atoms in total. The van der Waals surface area contributed by atoms with Gasteiger partial charge in [0.15, 0.2) is 11.6 Å². The summed E-state index contributed by atoms with van der Waals surface area (Å²) in [7, 11) is 0. The first kappa shape index (κ1) is 24.9. The van der Waals surface area contributed by atoms with Gasteiger partial charge in [-0.25, -0.2) is 19.2 Å². The molecular weight excluding hydrogens is 541 g/mol. The lowest BCUT2D eigenvalue weighted by atomic mass is 10.1. The highest BCUT2D eigenvalue weighted by molar-refractivity contribution is 9.10. The highest BCUT2D eigenvalue weighted by Crippen LogP contribution is 2.34. The summed E-state index contributed by atoms with van der Waals surface area (Å²) in [6.07, 6.45) is 4.51. The second-order valence-electron chi connectivity index (χ2n) is 7.78. The molecule has 2 aromatic carbocycles. The molecule has 1 aromatic heterocycles. The lowest BCUT2D eigenvalue weighted by Gasteiger charge is -2.17. The smallest absolute Gasteiger partial charge is 0.317 e. The molecule has 0 aliphatic carbocycles. The van der Waals surface area contributed by atoms with Crippen molar-refractivity contribution in [1.29, 1.82) is 0 Å². The molecule has 3 aromatic rings. The zero-order valence-electron chi connectivity index (χ0n) is 18.6. The van der Waals surface area contributed by atoms with Crippen LogP contribution in [0.1, 0.15) is 23.2 Å². The van der Waals surface area contributed by atoms with E-state index in [-0.39, 0.29) is 47.1 Å². The Morgan fingerprint density at radius 3 is 2.77 bits per heavy atom. The molecule has 0 unspecified atom stereocenters. The number of carbonyl (C=O) groups is 2. The third-order valence-electron chi connectivity index (χ3n) is 5.50. The van der Waals surface area contributed by atoms with E-state index in [1.54, 1.807) is 23.1 Å². The summed E-state index contributed by atoms with van der Waals surface area (Å²) in [5.41, 5.74) is 0.831. The van der Waals surface area contributed by atoms with Crippen LogP contribution in [0.25, 0.3) is 10.9 Å². The molecule has 0 atom stereocenters. The number of rotatable bonds is 8. The van der Waals surface area contributed by atoms with Crippen molar-refractivity contribution in [3.63, 3.8) is 0 Å². The van der Waals surface area contributed by atoms with Crippen molar-refractivity contribution in [2.24, 2.45) is 0 Å². The molecule has 1 aliphatic rings. The first-order valence-electron chi connectivity index (χ1n) is 10.9. The van der Waals surface area contributed by atoms with Crippen LogP contribution in [0.2, 0.25) is 5.02 Å². The zero-order valence-corrected chi connectivity index (χ0v) is 21.0. The maximum absolute atomic E-state index is 14.6. The number of fused-ring (bicyclic) bond motifs is 1. The highest BCUT2D eigenvalue weighted by Gasteiger charge is 2.19. The number of anilines is 2. The molecule has 2 amide bonds. The van der Waals surface area contributed by atoms with Gasteiger partial charge in [0.05, 0.1) is 28.3 Å². The quantitative estimate of drug-likeness (QED) is 0.163. The van der Waals surface area contributed by atoms with Crippen molar-refractivity contribution in [3.8, 4) is 5.75 Å². The largest absolute Gasteiger partial charge is 0.491 e. The maximum atomic E-state index is 14.6. The Morgan fingerprint density at radius 1 is 1.26 bits per heavy atom. The monoisotopic (exact) mass is 561 g/mol. The van der Waals surface area contributed by atoms with E-state index in [2.05, 4.69) is 43.1 Å². The van der Waals surface area contributed by atoms with Crippen molar-refractivity contribution in [3.05, 3.63) is 64.1 Å². The van der Waals surface area contributed by atoms with Gasteiger partial charge in [0.1, 0.15) is 24.5 Å². The number of hydrogen-bond donors (Lipinski definition) is 2. The van der Waals surface area contributed by atoms with Gasteiger partial charge < -0.3 is 20.3 Å². The van der Waals surface area contributed by atoms with E-state index in [0.717, 1.165) is 25.9 Å². The van der Waals surface area contributed by atoms with Gasteiger partial charge in [0.25, 0.3) is 0 Å². The number of allylic oxidation sites excluding steroid dienone is 1. The molecular formula is C24H22BrClFN5O3. The van der Waals surface area contributed by atoms with Crippen molar-refractivity contribution < 1.29 is 18.7 Å². The molecule has 2 N–H and O–H groups in total. The molecule has 0 spiro atoms. The van der Waals surface area contributed by atoms with Crippen LogP contribution >= 0.6 is 27.5 Å². The molecule has 4 rings (SSSR count). The number of carbonyl (C=O) groups excluding carboxylic acids is 2. The summed E-state index contributed by atoms with van der Waals surface area (Å²) in [5, 5.41) is 6.14. The predicted octanol–water partition coefficient (Wildman–Crippen LogP) is 5.48. The van der Waals surface area contributed by atoms with Gasteiger partial charge >= 0.3 is 6.03 Å². The van der Waals surface area contributed by atoms with E-state index in [9.17, 15) is 14.0 Å². The van der Waals surface area contributed by atoms with Crippen LogP contribution in [0.15, 0.2) is 47.7 Å². The Labute approximate surface area is 214 Å². The van der Waals surface area contributed by atoms with Gasteiger partial charge in [0.2, 0.25) is 0 Å². The topological polar surface area (TPSA) is 96.5 Å². The van der Waals surface area contributed by atoms with Crippen molar-refractivity contribution in [1.82, 2.24) is 20.2 Å². The summed E-state index contributed by atoms with van der Waals surface area (Å²) in [5.74, 6) is -0.433. The Balaban J connectivity index is 1.57. The van der Waals surface area contributed by atoms with Crippen LogP contribution in [-0.4, -0.2) is 52.9 Å². The van der Waals surface area contributed by atoms with E-state index in [1.165, 1.54) is 18.5 Å². The Kier molecular flexibility index (Phi) is 7.82. The van der Waals surface area contributed by atoms with Gasteiger partial charge in [-0.05, 0) is 53.0 Å². The maximum Gasteiger partial charge on any atom is 0.317 e. The van der Waals surface area contributed by atoms with E-state index in [1.807, 2.05) is 0 Å². The number of ether oxygens (including phenoxy) is 1. The van der Waals surface area contributed by atoms with Crippen LogP contribution in [0.5, 0.6) is 5.75 Å². The van der Waals surface area contributed by atoms with Crippen LogP contribution in [0.3, 0.4) is 0 Å². The predicted molar refractivity (Wildman–Crippen MR) is 136 cm³/mol. The zero-order chi connectivity index (χ0) is 24.9. The van der Waals surface area contributed by atoms with Gasteiger partial charge in [0, 0.05) is 29.0 Å². The second kappa shape index (κ2) is 11.0. The first-order chi connectivity index (χ1) is 16.9. The molecule has 0 saturated carbocycles. The molecule has 35 heavy (non-hydrogen) atoms. The minimum atomic E-state index is -0.647. The summed E-state index contributed by atoms with van der Waals surface area (Å²) >= 11 is 9.18. The van der Waals surface area contributed by atoms with Crippen LogP contribution in [-0.2, 0) is 0 Å². The number of likely N-dealkylation sites (tertiary alicyclic amines) is 1. The number of aromatic nitrogens is 2. The van der Waals surface area contributed by atoms with E-state index in [4.69, 9.17) is 16.3 Å². The number of benzene rings is 2. The minimum absolute atomic E-state index is 0.0663. The summed E-state index contributed by atoms with van der Waals surface area (Å²) in [6.45, 7) is 5.49. The lowest BCUT2D eigenvalue weighted by molar-refractivity contribution is 0.104. The molecule has 1 saturated heterocycles. The number of urea groups is 1. The lowest BCUT2D eigenvalue weighted by Crippen LogP contribution is -2.39. The standard InChI is InChI=1S/C24H22BrClFN5O3/c1-2-19(33)15-11-14-18(12-20(15)35-10-7-28-24(34)32-8-3-4-9-32)29-13-30-23(14)31-17-6-5-16(25)21(26)22(17)27/h2,5-6,11-13H,1,3-4,7-10H2,(H,28,34)(H,29,30,31). The van der Waals surface area contributed by atoms with Crippen molar-refractivity contribution in [2.75, 3.05) is 31.6 Å². The SMILES string of the molecule is C=CC(=O)c1cc2c(Nc3ccc(Br)c(Cl)c3F)ncnc2cc1OCCNC(=O)N1CCCC1. The minimum Gasteiger partial charge on any atom is -0.491 e. The summed E-state index contributed by atoms with van der Waals surface area (Å²) < 4.78 is 20.9. The Hall–Kier alpha value is -3.24. The van der Waals surface area contributed by atoms with E-state index < -0.39 is 5.82 Å². The molecule has 1 aliphatic heterocycles. The van der Waals surface area contributed by atoms with Gasteiger partial charge in [-0.2, -0.15) is 0 Å². The van der Waals surface area contributed by atoms with Crippen LogP contribution in [0.4, 0.5) is 20.7 Å². The molecule has 11 heteroatoms. The molecule has 0 radical (unpaired) electrons. The first-order valence-corrected chi connectivity index (χ1v) is 12.1. The number of nitrogens with zero attached hydrogens (tertiary/aromatic N) is 3. The van der Waals surface area contributed by atoms with E-state index in [0.29, 0.717) is 21.1 Å². The number of ketones is 1. The molecule has 2 heterocycles. The third-order valence-corrected chi connectivity index (χ3v) is 6.76. The van der Waals surface area contributed by atoms with Crippen molar-refractivity contribution >= 4 is 61.8 Å². The number of halogens is 3. The average molecular weight is 563 g/mol. The average Bonchev–Trinajstić information content (AvgIpc) is 3.41. The highest BCUT2D eigenvalue weighted by atomic mass is 79.9. The van der Waals surface area contributed by atoms with Crippen LogP contribution < -0.4 is 15.4 Å². The van der Waals surface area contributed by atoms with E-state index >= 15 is 0 Å². The number of hydrogen-bond acceptors (Lipinski definition) is 6. The summed E-state index contributed by atoms with van der Waals surface area (Å²) in [6, 6.07) is 6.17. The number of amides is 2. The molecule has 182 valence electrons. The third kappa shape index (κ3) is 5.54. The Bertz CT molecular complexity index is 1300. The van der Waals surface area contributed by atoms with Gasteiger partial charge in [-0.15, -0.1) is 0 Å². The fraction of sp³-hybridized carbons (Fsp3) is 0.250. The molecule has 0 bridgehead atoms. The fourth-order valence-electron chi connectivity index (χ4n) is 3.71. The second-order valence-corrected chi connectivity index (χ2v) is 9.01. The van der Waals surface area contributed by atoms with Crippen molar-refractivity contribution in [2.45, 2.75) is 12.8 Å². The summed E-state index contributed by atoms with van der Waals surface area (Å²) in [4.78, 5) is 34.9. The number of nitrogens with one attached hydrogen (secondary N) is 2. The van der Waals surface area contributed by atoms with Gasteiger partial charge in [-0.1, -0.05) is 18.2 Å². The fourth-order valence-corrected chi connectivity index (χ4v) is 4.18. The molecule has 1 fully saturated rings. The van der Waals surface area contributed by atoms with Crippen LogP contribution in [0, 0.1) is 5.82 Å². The van der Waals surface area contributed by atoms with Gasteiger partial charge in [-0.3, -0.25) is 4.79 Å².